The Kier molecular flexibility index (Phi) is 8.81. The van der Waals surface area contributed by atoms with Gasteiger partial charge in [-0.3, -0.25) is 14.5 Å². The summed E-state index contributed by atoms with van der Waals surface area (Å²) in [5.74, 6) is 0.532. The molecule has 0 unspecified atom stereocenters. The summed E-state index contributed by atoms with van der Waals surface area (Å²) in [6.07, 6.45) is 2.13. The molecule has 0 N–H and O–H groups in total. The lowest BCUT2D eigenvalue weighted by Gasteiger charge is -2.20. The van der Waals surface area contributed by atoms with Gasteiger partial charge < -0.3 is 9.47 Å². The molecule has 0 radical (unpaired) electrons. The van der Waals surface area contributed by atoms with Gasteiger partial charge in [0.05, 0.1) is 5.69 Å². The topological polar surface area (TPSA) is 65.7 Å². The van der Waals surface area contributed by atoms with Crippen molar-refractivity contribution in [1.82, 2.24) is 9.78 Å². The van der Waals surface area contributed by atoms with Crippen molar-refractivity contribution in [3.63, 3.8) is 0 Å². The summed E-state index contributed by atoms with van der Waals surface area (Å²) >= 11 is 0. The fourth-order valence-electron chi connectivity index (χ4n) is 3.35. The SMILES string of the molecule is CCn1nc(C)cc1/C(OCOC(=O)CC(C)C)=C(\C=NC)c1ccc(C(C)(C)C)cc1. The Balaban J connectivity index is 2.52. The maximum atomic E-state index is 12.0. The van der Waals surface area contributed by atoms with Crippen molar-refractivity contribution >= 4 is 23.5 Å². The molecular weight excluding hydrogens is 402 g/mol. The van der Waals surface area contributed by atoms with Crippen LogP contribution in [0.1, 0.15) is 70.5 Å². The molecule has 6 heteroatoms. The third kappa shape index (κ3) is 6.81. The minimum Gasteiger partial charge on any atom is -0.454 e. The number of rotatable bonds is 9. The fraction of sp³-hybridized carbons (Fsp3) is 0.500. The molecule has 0 saturated carbocycles. The predicted octanol–water partition coefficient (Wildman–Crippen LogP) is 5.64. The first kappa shape index (κ1) is 25.4. The van der Waals surface area contributed by atoms with Gasteiger partial charge in [0, 0.05) is 31.8 Å². The van der Waals surface area contributed by atoms with Crippen molar-refractivity contribution in [3.8, 4) is 0 Å². The molecule has 0 aliphatic carbocycles. The molecular formula is C26H37N3O3. The second-order valence-electron chi connectivity index (χ2n) is 9.32. The number of hydrogen-bond acceptors (Lipinski definition) is 5. The molecule has 174 valence electrons. The van der Waals surface area contributed by atoms with Crippen molar-refractivity contribution < 1.29 is 14.3 Å². The van der Waals surface area contributed by atoms with Crippen molar-refractivity contribution in [2.45, 2.75) is 66.8 Å². The summed E-state index contributed by atoms with van der Waals surface area (Å²) in [5.41, 5.74) is 4.78. The molecule has 0 atom stereocenters. The van der Waals surface area contributed by atoms with E-state index in [0.717, 1.165) is 22.5 Å². The summed E-state index contributed by atoms with van der Waals surface area (Å²) in [5, 5.41) is 4.57. The monoisotopic (exact) mass is 439 g/mol. The zero-order valence-corrected chi connectivity index (χ0v) is 20.7. The number of carbonyl (C=O) groups excluding carboxylic acids is 1. The Bertz CT molecular complexity index is 961. The summed E-state index contributed by atoms with van der Waals surface area (Å²) in [7, 11) is 1.73. The first-order chi connectivity index (χ1) is 15.1. The number of carbonyl (C=O) groups is 1. The Morgan fingerprint density at radius 1 is 1.19 bits per heavy atom. The summed E-state index contributed by atoms with van der Waals surface area (Å²) < 4.78 is 13.3. The molecule has 32 heavy (non-hydrogen) atoms. The van der Waals surface area contributed by atoms with Crippen molar-refractivity contribution in [2.24, 2.45) is 10.9 Å². The van der Waals surface area contributed by atoms with Crippen molar-refractivity contribution in [1.29, 1.82) is 0 Å². The standard InChI is InChI=1S/C26H37N3O3/c1-9-29-23(15-19(4)28-29)25(32-17-31-24(30)14-18(2)3)22(16-27-8)20-10-12-21(13-11-20)26(5,6)7/h10-13,15-16,18H,9,14,17H2,1-8H3/b25-22-,27-16?. The van der Waals surface area contributed by atoms with Gasteiger partial charge in [0.2, 0.25) is 6.79 Å². The molecule has 2 aromatic rings. The first-order valence-corrected chi connectivity index (χ1v) is 11.2. The van der Waals surface area contributed by atoms with Gasteiger partial charge in [-0.25, -0.2) is 0 Å². The smallest absolute Gasteiger partial charge is 0.308 e. The fourth-order valence-corrected chi connectivity index (χ4v) is 3.35. The quantitative estimate of drug-likeness (QED) is 0.219. The van der Waals surface area contributed by atoms with E-state index in [-0.39, 0.29) is 24.1 Å². The van der Waals surface area contributed by atoms with E-state index in [9.17, 15) is 4.79 Å². The van der Waals surface area contributed by atoms with Crippen LogP contribution in [0.4, 0.5) is 0 Å². The van der Waals surface area contributed by atoms with Gasteiger partial charge in [-0.2, -0.15) is 5.10 Å². The zero-order chi connectivity index (χ0) is 23.9. The average molecular weight is 440 g/mol. The Morgan fingerprint density at radius 3 is 2.38 bits per heavy atom. The first-order valence-electron chi connectivity index (χ1n) is 11.2. The third-order valence-corrected chi connectivity index (χ3v) is 5.00. The Labute approximate surface area is 192 Å². The number of allylic oxidation sites excluding steroid dienone is 1. The maximum absolute atomic E-state index is 12.0. The van der Waals surface area contributed by atoms with Crippen LogP contribution in [0.2, 0.25) is 0 Å². The summed E-state index contributed by atoms with van der Waals surface area (Å²) in [4.78, 5) is 16.3. The maximum Gasteiger partial charge on any atom is 0.308 e. The van der Waals surface area contributed by atoms with E-state index in [1.54, 1.807) is 13.3 Å². The molecule has 0 aliphatic heterocycles. The van der Waals surface area contributed by atoms with E-state index >= 15 is 0 Å². The van der Waals surface area contributed by atoms with Crippen LogP contribution >= 0.6 is 0 Å². The highest BCUT2D eigenvalue weighted by atomic mass is 16.7. The zero-order valence-electron chi connectivity index (χ0n) is 20.7. The van der Waals surface area contributed by atoms with E-state index in [1.807, 2.05) is 38.4 Å². The van der Waals surface area contributed by atoms with Crippen LogP contribution in [0.5, 0.6) is 0 Å². The third-order valence-electron chi connectivity index (χ3n) is 5.00. The summed E-state index contributed by atoms with van der Waals surface area (Å²) in [6, 6.07) is 10.4. The van der Waals surface area contributed by atoms with E-state index in [0.29, 0.717) is 18.7 Å². The average Bonchev–Trinajstić information content (AvgIpc) is 3.09. The number of aryl methyl sites for hydroxylation is 2. The van der Waals surface area contributed by atoms with Gasteiger partial charge in [0.15, 0.2) is 5.76 Å². The molecule has 0 amide bonds. The largest absolute Gasteiger partial charge is 0.454 e. The van der Waals surface area contributed by atoms with E-state index in [4.69, 9.17) is 9.47 Å². The lowest BCUT2D eigenvalue weighted by Crippen LogP contribution is -2.13. The number of aliphatic imine (C=N–C) groups is 1. The van der Waals surface area contributed by atoms with Crippen LogP contribution < -0.4 is 0 Å². The van der Waals surface area contributed by atoms with Gasteiger partial charge in [-0.1, -0.05) is 58.9 Å². The van der Waals surface area contributed by atoms with Crippen LogP contribution in [0.3, 0.4) is 0 Å². The number of esters is 1. The Hall–Kier alpha value is -2.89. The molecule has 0 spiro atoms. The van der Waals surface area contributed by atoms with E-state index < -0.39 is 0 Å². The lowest BCUT2D eigenvalue weighted by molar-refractivity contribution is -0.152. The van der Waals surface area contributed by atoms with Gasteiger partial charge in [0.25, 0.3) is 0 Å². The van der Waals surface area contributed by atoms with Crippen molar-refractivity contribution in [3.05, 3.63) is 52.8 Å². The predicted molar refractivity (Wildman–Crippen MR) is 131 cm³/mol. The molecule has 6 nitrogen and oxygen atoms in total. The highest BCUT2D eigenvalue weighted by Crippen LogP contribution is 2.30. The number of hydrogen-bond donors (Lipinski definition) is 0. The molecule has 2 rings (SSSR count). The molecule has 0 fully saturated rings. The highest BCUT2D eigenvalue weighted by Gasteiger charge is 2.19. The number of aromatic nitrogens is 2. The lowest BCUT2D eigenvalue weighted by atomic mass is 9.86. The normalized spacial score (nSPS) is 12.9. The van der Waals surface area contributed by atoms with Gasteiger partial charge in [-0.15, -0.1) is 0 Å². The second-order valence-corrected chi connectivity index (χ2v) is 9.32. The van der Waals surface area contributed by atoms with E-state index in [2.05, 4.69) is 55.1 Å². The van der Waals surface area contributed by atoms with Gasteiger partial charge in [0.1, 0.15) is 5.69 Å². The van der Waals surface area contributed by atoms with Gasteiger partial charge in [-0.05, 0) is 42.4 Å². The summed E-state index contributed by atoms with van der Waals surface area (Å²) in [6.45, 7) is 15.0. The van der Waals surface area contributed by atoms with Crippen LogP contribution in [0.15, 0.2) is 35.3 Å². The Morgan fingerprint density at radius 2 is 1.84 bits per heavy atom. The van der Waals surface area contributed by atoms with Crippen LogP contribution in [0.25, 0.3) is 11.3 Å². The molecule has 1 heterocycles. The minimum atomic E-state index is -0.278. The number of nitrogens with zero attached hydrogens (tertiary/aromatic N) is 3. The molecule has 0 aliphatic rings. The van der Waals surface area contributed by atoms with Crippen LogP contribution in [-0.4, -0.2) is 35.8 Å². The van der Waals surface area contributed by atoms with E-state index in [1.165, 1.54) is 5.56 Å². The molecule has 1 aromatic heterocycles. The van der Waals surface area contributed by atoms with Crippen LogP contribution in [-0.2, 0) is 26.2 Å². The second kappa shape index (κ2) is 11.1. The number of benzene rings is 1. The van der Waals surface area contributed by atoms with Gasteiger partial charge >= 0.3 is 5.97 Å². The minimum absolute atomic E-state index is 0.0587. The molecule has 0 saturated heterocycles. The highest BCUT2D eigenvalue weighted by molar-refractivity contribution is 6.18. The molecule has 1 aromatic carbocycles. The number of ether oxygens (including phenoxy) is 2. The van der Waals surface area contributed by atoms with Crippen molar-refractivity contribution in [2.75, 3.05) is 13.8 Å². The van der Waals surface area contributed by atoms with Crippen LogP contribution in [0, 0.1) is 12.8 Å². The molecule has 0 bridgehead atoms.